The molecule has 1 amide bonds. The summed E-state index contributed by atoms with van der Waals surface area (Å²) in [5, 5.41) is 11.7. The van der Waals surface area contributed by atoms with Crippen molar-refractivity contribution >= 4 is 11.9 Å². The summed E-state index contributed by atoms with van der Waals surface area (Å²) >= 11 is 0. The minimum absolute atomic E-state index is 0.135. The highest BCUT2D eigenvalue weighted by atomic mass is 16.4. The fourth-order valence-electron chi connectivity index (χ4n) is 2.16. The molecule has 0 radical (unpaired) electrons. The van der Waals surface area contributed by atoms with Crippen LogP contribution in [0.3, 0.4) is 0 Å². The molecule has 2 aromatic rings. The van der Waals surface area contributed by atoms with Gasteiger partial charge in [0.25, 0.3) is 5.91 Å². The fourth-order valence-corrected chi connectivity index (χ4v) is 2.16. The Balaban J connectivity index is 2.02. The summed E-state index contributed by atoms with van der Waals surface area (Å²) in [6.07, 6.45) is 0. The Morgan fingerprint density at radius 2 is 1.52 bits per heavy atom. The summed E-state index contributed by atoms with van der Waals surface area (Å²) < 4.78 is 0. The zero-order valence-corrected chi connectivity index (χ0v) is 12.0. The number of hydrogen-bond acceptors (Lipinski definition) is 2. The maximum Gasteiger partial charge on any atom is 0.335 e. The van der Waals surface area contributed by atoms with Crippen LogP contribution in [0, 0.1) is 13.8 Å². The summed E-state index contributed by atoms with van der Waals surface area (Å²) in [5.41, 5.74) is 3.82. The Kier molecular flexibility index (Phi) is 4.38. The SMILES string of the molecule is Cc1cc(C)cc(C(=O)NCc2ccc(C(=O)O)cc2)c1. The van der Waals surface area contributed by atoms with E-state index in [1.54, 1.807) is 12.1 Å². The van der Waals surface area contributed by atoms with Crippen molar-refractivity contribution in [3.8, 4) is 0 Å². The van der Waals surface area contributed by atoms with E-state index in [0.29, 0.717) is 12.1 Å². The third-order valence-corrected chi connectivity index (χ3v) is 3.14. The lowest BCUT2D eigenvalue weighted by molar-refractivity contribution is 0.0696. The molecule has 0 fully saturated rings. The van der Waals surface area contributed by atoms with Gasteiger partial charge in [-0.15, -0.1) is 0 Å². The van der Waals surface area contributed by atoms with Gasteiger partial charge in [-0.05, 0) is 43.7 Å². The molecule has 21 heavy (non-hydrogen) atoms. The maximum absolute atomic E-state index is 12.1. The van der Waals surface area contributed by atoms with Gasteiger partial charge in [0.15, 0.2) is 0 Å². The number of carboxylic acid groups (broad SMARTS) is 1. The molecule has 2 aromatic carbocycles. The van der Waals surface area contributed by atoms with E-state index in [2.05, 4.69) is 5.32 Å². The lowest BCUT2D eigenvalue weighted by Crippen LogP contribution is -2.23. The van der Waals surface area contributed by atoms with Gasteiger partial charge in [0.1, 0.15) is 0 Å². The lowest BCUT2D eigenvalue weighted by atomic mass is 10.1. The van der Waals surface area contributed by atoms with Crippen LogP contribution in [-0.4, -0.2) is 17.0 Å². The first-order valence-electron chi connectivity index (χ1n) is 6.64. The number of hydrogen-bond donors (Lipinski definition) is 2. The van der Waals surface area contributed by atoms with Crippen molar-refractivity contribution in [1.29, 1.82) is 0 Å². The molecule has 2 N–H and O–H groups in total. The molecule has 4 nitrogen and oxygen atoms in total. The standard InChI is InChI=1S/C17H17NO3/c1-11-7-12(2)9-15(8-11)16(19)18-10-13-3-5-14(6-4-13)17(20)21/h3-9H,10H2,1-2H3,(H,18,19)(H,20,21). The molecule has 0 unspecified atom stereocenters. The van der Waals surface area contributed by atoms with Gasteiger partial charge in [-0.3, -0.25) is 4.79 Å². The van der Waals surface area contributed by atoms with E-state index in [4.69, 9.17) is 5.11 Å². The van der Waals surface area contributed by atoms with Crippen molar-refractivity contribution in [2.45, 2.75) is 20.4 Å². The summed E-state index contributed by atoms with van der Waals surface area (Å²) in [6.45, 7) is 4.27. The van der Waals surface area contributed by atoms with Gasteiger partial charge in [0.2, 0.25) is 0 Å². The lowest BCUT2D eigenvalue weighted by Gasteiger charge is -2.07. The largest absolute Gasteiger partial charge is 0.478 e. The van der Waals surface area contributed by atoms with Crippen LogP contribution in [-0.2, 0) is 6.54 Å². The Bertz CT molecular complexity index is 655. The van der Waals surface area contributed by atoms with Crippen molar-refractivity contribution in [2.75, 3.05) is 0 Å². The number of aryl methyl sites for hydroxylation is 2. The number of carbonyl (C=O) groups is 2. The van der Waals surface area contributed by atoms with Gasteiger partial charge in [0, 0.05) is 12.1 Å². The Morgan fingerprint density at radius 1 is 0.952 bits per heavy atom. The number of amides is 1. The van der Waals surface area contributed by atoms with Crippen LogP contribution in [0.25, 0.3) is 0 Å². The van der Waals surface area contributed by atoms with E-state index in [9.17, 15) is 9.59 Å². The highest BCUT2D eigenvalue weighted by molar-refractivity contribution is 5.94. The average molecular weight is 283 g/mol. The summed E-state index contributed by atoms with van der Waals surface area (Å²) in [6, 6.07) is 12.2. The van der Waals surface area contributed by atoms with E-state index >= 15 is 0 Å². The van der Waals surface area contributed by atoms with Crippen molar-refractivity contribution in [1.82, 2.24) is 5.32 Å². The normalized spacial score (nSPS) is 10.2. The molecule has 0 bridgehead atoms. The Hall–Kier alpha value is -2.62. The van der Waals surface area contributed by atoms with Crippen LogP contribution >= 0.6 is 0 Å². The predicted octanol–water partition coefficient (Wildman–Crippen LogP) is 2.93. The predicted molar refractivity (Wildman–Crippen MR) is 80.5 cm³/mol. The summed E-state index contributed by atoms with van der Waals surface area (Å²) in [5.74, 6) is -1.09. The first kappa shape index (κ1) is 14.8. The fraction of sp³-hybridized carbons (Fsp3) is 0.176. The third kappa shape index (κ3) is 3.92. The molecule has 4 heteroatoms. The first-order valence-corrected chi connectivity index (χ1v) is 6.64. The molecule has 0 aliphatic carbocycles. The minimum atomic E-state index is -0.958. The number of rotatable bonds is 4. The molecule has 0 atom stereocenters. The number of carbonyl (C=O) groups excluding carboxylic acids is 1. The van der Waals surface area contributed by atoms with Gasteiger partial charge in [-0.25, -0.2) is 4.79 Å². The Labute approximate surface area is 123 Å². The molecule has 108 valence electrons. The molecule has 0 aliphatic heterocycles. The minimum Gasteiger partial charge on any atom is -0.478 e. The molecule has 2 rings (SSSR count). The van der Waals surface area contributed by atoms with E-state index < -0.39 is 5.97 Å². The van der Waals surface area contributed by atoms with Crippen LogP contribution in [0.5, 0.6) is 0 Å². The molecule has 0 aromatic heterocycles. The van der Waals surface area contributed by atoms with Gasteiger partial charge < -0.3 is 10.4 Å². The second-order valence-corrected chi connectivity index (χ2v) is 5.06. The number of carboxylic acids is 1. The smallest absolute Gasteiger partial charge is 0.335 e. The van der Waals surface area contributed by atoms with Gasteiger partial charge in [-0.1, -0.05) is 29.3 Å². The zero-order valence-electron chi connectivity index (χ0n) is 12.0. The number of nitrogens with one attached hydrogen (secondary N) is 1. The van der Waals surface area contributed by atoms with Crippen LogP contribution < -0.4 is 5.32 Å². The van der Waals surface area contributed by atoms with E-state index in [-0.39, 0.29) is 11.5 Å². The molecule has 0 saturated heterocycles. The van der Waals surface area contributed by atoms with E-state index in [1.165, 1.54) is 12.1 Å². The summed E-state index contributed by atoms with van der Waals surface area (Å²) in [4.78, 5) is 22.8. The zero-order chi connectivity index (χ0) is 15.4. The van der Waals surface area contributed by atoms with Crippen molar-refractivity contribution < 1.29 is 14.7 Å². The second-order valence-electron chi connectivity index (χ2n) is 5.06. The topological polar surface area (TPSA) is 66.4 Å². The summed E-state index contributed by atoms with van der Waals surface area (Å²) in [7, 11) is 0. The van der Waals surface area contributed by atoms with Crippen LogP contribution in [0.2, 0.25) is 0 Å². The van der Waals surface area contributed by atoms with Crippen molar-refractivity contribution in [3.63, 3.8) is 0 Å². The highest BCUT2D eigenvalue weighted by Crippen LogP contribution is 2.09. The molecule has 0 saturated carbocycles. The van der Waals surface area contributed by atoms with Crippen LogP contribution in [0.1, 0.15) is 37.4 Å². The number of aromatic carboxylic acids is 1. The first-order chi connectivity index (χ1) is 9.95. The molecular formula is C17H17NO3. The van der Waals surface area contributed by atoms with Gasteiger partial charge in [-0.2, -0.15) is 0 Å². The van der Waals surface area contributed by atoms with Gasteiger partial charge in [0.05, 0.1) is 5.56 Å². The van der Waals surface area contributed by atoms with Gasteiger partial charge >= 0.3 is 5.97 Å². The van der Waals surface area contributed by atoms with Crippen LogP contribution in [0.4, 0.5) is 0 Å². The molecular weight excluding hydrogens is 266 g/mol. The quantitative estimate of drug-likeness (QED) is 0.906. The molecule has 0 spiro atoms. The van der Waals surface area contributed by atoms with Crippen molar-refractivity contribution in [2.24, 2.45) is 0 Å². The third-order valence-electron chi connectivity index (χ3n) is 3.14. The van der Waals surface area contributed by atoms with E-state index in [0.717, 1.165) is 16.7 Å². The molecule has 0 heterocycles. The second kappa shape index (κ2) is 6.22. The van der Waals surface area contributed by atoms with E-state index in [1.807, 2.05) is 32.0 Å². The Morgan fingerprint density at radius 3 is 2.05 bits per heavy atom. The van der Waals surface area contributed by atoms with Crippen LogP contribution in [0.15, 0.2) is 42.5 Å². The van der Waals surface area contributed by atoms with Crippen molar-refractivity contribution in [3.05, 3.63) is 70.3 Å². The average Bonchev–Trinajstić information content (AvgIpc) is 2.44. The number of benzene rings is 2. The highest BCUT2D eigenvalue weighted by Gasteiger charge is 2.07. The monoisotopic (exact) mass is 283 g/mol. The maximum atomic E-state index is 12.1. The molecule has 0 aliphatic rings.